The van der Waals surface area contributed by atoms with E-state index < -0.39 is 18.1 Å². The van der Waals surface area contributed by atoms with E-state index in [-0.39, 0.29) is 50.7 Å². The minimum absolute atomic E-state index is 0.0280. The molecule has 0 spiro atoms. The summed E-state index contributed by atoms with van der Waals surface area (Å²) in [5.41, 5.74) is 1.30. The van der Waals surface area contributed by atoms with Gasteiger partial charge in [0, 0.05) is 0 Å². The van der Waals surface area contributed by atoms with E-state index in [4.69, 9.17) is 9.57 Å². The van der Waals surface area contributed by atoms with Gasteiger partial charge >= 0.3 is 227 Å². The molecule has 0 saturated carbocycles. The first-order valence-corrected chi connectivity index (χ1v) is 14.7. The molecule has 0 unspecified atom stereocenters. The molecule has 4 aliphatic rings. The number of anilines is 2. The molecule has 0 N–H and O–H groups in total. The van der Waals surface area contributed by atoms with Gasteiger partial charge < -0.3 is 0 Å². The van der Waals surface area contributed by atoms with Crippen LogP contribution in [0.4, 0.5) is 11.4 Å². The Bertz CT molecular complexity index is 1400. The van der Waals surface area contributed by atoms with Gasteiger partial charge in [-0.3, -0.25) is 0 Å². The Morgan fingerprint density at radius 2 is 1.45 bits per heavy atom. The van der Waals surface area contributed by atoms with E-state index in [2.05, 4.69) is 12.1 Å². The first kappa shape index (κ1) is 23.6. The Labute approximate surface area is 226 Å². The number of nitrogens with zero attached hydrogens (tertiary/aromatic N) is 3. The number of amides is 3. The van der Waals surface area contributed by atoms with Gasteiger partial charge in [0.2, 0.25) is 0 Å². The van der Waals surface area contributed by atoms with Crippen LogP contribution in [0.15, 0.2) is 84.9 Å². The van der Waals surface area contributed by atoms with E-state index in [1.165, 1.54) is 9.36 Å². The molecule has 0 bridgehead atoms. The van der Waals surface area contributed by atoms with Crippen molar-refractivity contribution in [3.05, 3.63) is 84.9 Å². The molecule has 3 amide bonds. The van der Waals surface area contributed by atoms with Crippen molar-refractivity contribution in [3.63, 3.8) is 0 Å². The van der Waals surface area contributed by atoms with Crippen LogP contribution >= 0.6 is 0 Å². The number of rotatable bonds is 6. The van der Waals surface area contributed by atoms with Crippen LogP contribution in [0.25, 0.3) is 0 Å². The van der Waals surface area contributed by atoms with Crippen molar-refractivity contribution in [2.24, 2.45) is 11.8 Å². The molecule has 0 radical (unpaired) electrons. The quantitative estimate of drug-likeness (QED) is 0.255. The number of carbonyl (C=O) groups is 3. The zero-order valence-corrected chi connectivity index (χ0v) is 22.3. The maximum atomic E-state index is 13.8. The second kappa shape index (κ2) is 9.06. The fourth-order valence-corrected chi connectivity index (χ4v) is 8.56. The van der Waals surface area contributed by atoms with Crippen molar-refractivity contribution in [3.8, 4) is 5.75 Å². The van der Waals surface area contributed by atoms with Crippen LogP contribution in [-0.4, -0.2) is 69.1 Å². The van der Waals surface area contributed by atoms with E-state index in [0.29, 0.717) is 11.4 Å². The van der Waals surface area contributed by atoms with Gasteiger partial charge in [-0.25, -0.2) is 0 Å². The third-order valence-electron chi connectivity index (χ3n) is 8.00. The SMILES string of the molecule is COc1ccc(N2C(=O)[C@@H]3[C@H]2[C@H]2[C@@H]4C(=O)N(c5ccccc5)C(=O)[C@@H]4ON2[C@H]3C[Se]c2ccccc2)cc1. The zero-order chi connectivity index (χ0) is 26.0. The molecule has 7 rings (SSSR count). The molecule has 0 aliphatic carbocycles. The number of imide groups is 1. The van der Waals surface area contributed by atoms with E-state index >= 15 is 0 Å². The summed E-state index contributed by atoms with van der Waals surface area (Å²) >= 11 is 0.108. The molecule has 0 aromatic heterocycles. The van der Waals surface area contributed by atoms with Crippen molar-refractivity contribution in [2.75, 3.05) is 16.9 Å². The van der Waals surface area contributed by atoms with Gasteiger partial charge in [-0.1, -0.05) is 0 Å². The van der Waals surface area contributed by atoms with Crippen molar-refractivity contribution in [1.82, 2.24) is 5.06 Å². The molecule has 38 heavy (non-hydrogen) atoms. The number of fused-ring (bicyclic) bond motifs is 5. The maximum absolute atomic E-state index is 13.8. The van der Waals surface area contributed by atoms with Crippen molar-refractivity contribution in [1.29, 1.82) is 0 Å². The Kier molecular flexibility index (Phi) is 5.63. The summed E-state index contributed by atoms with van der Waals surface area (Å²) in [6.45, 7) is 0. The summed E-state index contributed by atoms with van der Waals surface area (Å²) in [5.74, 6) is -0.832. The summed E-state index contributed by atoms with van der Waals surface area (Å²) in [5, 5.41) is 2.59. The van der Waals surface area contributed by atoms with Crippen molar-refractivity contribution in [2.45, 2.75) is 29.5 Å². The predicted octanol–water partition coefficient (Wildman–Crippen LogP) is 2.03. The Morgan fingerprint density at radius 1 is 0.763 bits per heavy atom. The van der Waals surface area contributed by atoms with Gasteiger partial charge in [-0.05, 0) is 0 Å². The predicted molar refractivity (Wildman–Crippen MR) is 141 cm³/mol. The summed E-state index contributed by atoms with van der Waals surface area (Å²) < 4.78 is 6.53. The van der Waals surface area contributed by atoms with Crippen LogP contribution < -0.4 is 19.0 Å². The van der Waals surface area contributed by atoms with Crippen LogP contribution in [0, 0.1) is 11.8 Å². The van der Waals surface area contributed by atoms with E-state index in [1.807, 2.05) is 53.6 Å². The second-order valence-electron chi connectivity index (χ2n) is 9.86. The Morgan fingerprint density at radius 3 is 2.13 bits per heavy atom. The molecule has 6 atom stereocenters. The van der Waals surface area contributed by atoms with E-state index in [9.17, 15) is 14.4 Å². The molecule has 4 saturated heterocycles. The summed E-state index contributed by atoms with van der Waals surface area (Å²) in [6.07, 6.45) is -0.881. The fourth-order valence-electron chi connectivity index (χ4n) is 6.32. The van der Waals surface area contributed by atoms with Gasteiger partial charge in [0.15, 0.2) is 0 Å². The molecule has 4 aliphatic heterocycles. The van der Waals surface area contributed by atoms with Gasteiger partial charge in [0.1, 0.15) is 0 Å². The average Bonchev–Trinajstić information content (AvgIpc) is 3.54. The van der Waals surface area contributed by atoms with Gasteiger partial charge in [-0.2, -0.15) is 0 Å². The number of hydroxylamine groups is 2. The third kappa shape index (κ3) is 3.39. The third-order valence-corrected chi connectivity index (χ3v) is 10.3. The first-order chi connectivity index (χ1) is 18.6. The number of para-hydroxylation sites is 1. The van der Waals surface area contributed by atoms with Crippen LogP contribution in [0.3, 0.4) is 0 Å². The summed E-state index contributed by atoms with van der Waals surface area (Å²) in [4.78, 5) is 50.3. The van der Waals surface area contributed by atoms with E-state index in [1.54, 1.807) is 36.3 Å². The number of ether oxygens (including phenoxy) is 1. The van der Waals surface area contributed by atoms with Crippen LogP contribution in [-0.2, 0) is 19.2 Å². The van der Waals surface area contributed by atoms with Crippen molar-refractivity contribution >= 4 is 48.5 Å². The Balaban J connectivity index is 1.24. The molecule has 4 fully saturated rings. The number of benzene rings is 3. The van der Waals surface area contributed by atoms with Crippen LogP contribution in [0.1, 0.15) is 0 Å². The van der Waals surface area contributed by atoms with Crippen molar-refractivity contribution < 1.29 is 24.0 Å². The molecular weight excluding hydrogens is 549 g/mol. The summed E-state index contributed by atoms with van der Waals surface area (Å²) in [7, 11) is 1.60. The standard InChI is InChI=1S/C29H25N3O5Se/c1-36-19-14-12-18(13-15-19)30-24-22(27(30)33)21(16-38-20-10-6-3-7-11-20)32-25(24)23-26(37-32)29(35)31(28(23)34)17-8-4-2-5-9-17/h2-15,21-26H,16H2,1H3/t21-,22-,23-,24-,25+,26+/m0/s1. The van der Waals surface area contributed by atoms with Gasteiger partial charge in [0.05, 0.1) is 0 Å². The second-order valence-corrected chi connectivity index (χ2v) is 12.2. The molecule has 3 aromatic rings. The van der Waals surface area contributed by atoms with Crippen LogP contribution in [0.5, 0.6) is 5.75 Å². The monoisotopic (exact) mass is 575 g/mol. The molecular formula is C29H25N3O5Se. The average molecular weight is 574 g/mol. The minimum atomic E-state index is -0.881. The number of β-lactam (4-membered cyclic amide) rings is 1. The van der Waals surface area contributed by atoms with Crippen LogP contribution in [0.2, 0.25) is 5.32 Å². The number of carbonyl (C=O) groups excluding carboxylic acids is 3. The molecule has 4 heterocycles. The Hall–Kier alpha value is -3.49. The molecule has 192 valence electrons. The fraction of sp³-hybridized carbons (Fsp3) is 0.276. The number of hydrogen-bond acceptors (Lipinski definition) is 6. The number of hydrogen-bond donors (Lipinski definition) is 0. The zero-order valence-electron chi connectivity index (χ0n) is 20.5. The van der Waals surface area contributed by atoms with E-state index in [0.717, 1.165) is 11.0 Å². The summed E-state index contributed by atoms with van der Waals surface area (Å²) in [6, 6.07) is 25.7. The number of methoxy groups -OCH3 is 1. The van der Waals surface area contributed by atoms with Gasteiger partial charge in [0.25, 0.3) is 0 Å². The topological polar surface area (TPSA) is 79.4 Å². The van der Waals surface area contributed by atoms with Gasteiger partial charge in [-0.15, -0.1) is 0 Å². The molecule has 8 nitrogen and oxygen atoms in total. The normalized spacial score (nSPS) is 29.8. The first-order valence-electron chi connectivity index (χ1n) is 12.6. The molecule has 9 heteroatoms. The molecule has 3 aromatic carbocycles.